The lowest BCUT2D eigenvalue weighted by Crippen LogP contribution is -2.49. The average molecular weight is 329 g/mol. The van der Waals surface area contributed by atoms with Crippen LogP contribution in [0.1, 0.15) is 20.8 Å². The number of hydrogen-bond donors (Lipinski definition) is 0. The van der Waals surface area contributed by atoms with Gasteiger partial charge in [0.25, 0.3) is 0 Å². The minimum absolute atomic E-state index is 0.0988. The standard InChI is InChI=1S/C17H19N3O4/c1-16(2,3)24-15(22)20-6-5-12-7-13-11(9-18-19-13)8-17(12,10-20)14(21)23-4/h5-9H,10H2,1-4H3. The molecule has 3 rings (SSSR count). The Morgan fingerprint density at radius 1 is 1.33 bits per heavy atom. The normalized spacial score (nSPS) is 24.5. The summed E-state index contributed by atoms with van der Waals surface area (Å²) in [4.78, 5) is 26.3. The van der Waals surface area contributed by atoms with E-state index in [2.05, 4.69) is 10.2 Å². The first-order chi connectivity index (χ1) is 11.2. The lowest BCUT2D eigenvalue weighted by molar-refractivity contribution is -0.148. The van der Waals surface area contributed by atoms with Crippen LogP contribution in [0.3, 0.4) is 0 Å². The van der Waals surface area contributed by atoms with Gasteiger partial charge >= 0.3 is 12.1 Å². The molecule has 1 aliphatic carbocycles. The Labute approximate surface area is 140 Å². The number of carbonyl (C=O) groups is 2. The van der Waals surface area contributed by atoms with Crippen LogP contribution >= 0.6 is 0 Å². The Balaban J connectivity index is 1.99. The van der Waals surface area contributed by atoms with Crippen molar-refractivity contribution in [3.63, 3.8) is 0 Å². The maximum atomic E-state index is 12.6. The third-order valence-corrected chi connectivity index (χ3v) is 3.90. The number of allylic oxidation sites excluding steroid dienone is 3. The maximum absolute atomic E-state index is 12.6. The topological polar surface area (TPSA) is 80.6 Å². The molecule has 7 heteroatoms. The summed E-state index contributed by atoms with van der Waals surface area (Å²) in [5.74, 6) is -0.446. The number of nitrogens with zero attached hydrogens (tertiary/aromatic N) is 3. The van der Waals surface area contributed by atoms with E-state index in [0.717, 1.165) is 5.57 Å². The maximum Gasteiger partial charge on any atom is 0.414 e. The fourth-order valence-corrected chi connectivity index (χ4v) is 2.82. The monoisotopic (exact) mass is 329 g/mol. The summed E-state index contributed by atoms with van der Waals surface area (Å²) in [5.41, 5.74) is 0.429. The number of carbonyl (C=O) groups excluding carboxylic acids is 2. The number of hydrogen-bond acceptors (Lipinski definition) is 6. The van der Waals surface area contributed by atoms with E-state index in [4.69, 9.17) is 9.47 Å². The van der Waals surface area contributed by atoms with E-state index < -0.39 is 23.1 Å². The number of amides is 1. The van der Waals surface area contributed by atoms with Gasteiger partial charge in [-0.2, -0.15) is 10.2 Å². The second-order valence-electron chi connectivity index (χ2n) is 6.82. The SMILES string of the molecule is COC(=O)C12C=C3C=NN=C3C=C1C=CN(C(=O)OC(C)(C)C)C2. The van der Waals surface area contributed by atoms with Gasteiger partial charge in [-0.15, -0.1) is 0 Å². The molecule has 1 atom stereocenters. The lowest BCUT2D eigenvalue weighted by atomic mass is 9.72. The Hall–Kier alpha value is -2.70. The third-order valence-electron chi connectivity index (χ3n) is 3.90. The molecule has 2 heterocycles. The molecule has 0 aromatic rings. The first-order valence-electron chi connectivity index (χ1n) is 7.58. The van der Waals surface area contributed by atoms with E-state index in [0.29, 0.717) is 11.3 Å². The van der Waals surface area contributed by atoms with Gasteiger partial charge in [-0.3, -0.25) is 9.69 Å². The second kappa shape index (κ2) is 5.43. The minimum atomic E-state index is -1.09. The number of rotatable bonds is 1. The van der Waals surface area contributed by atoms with Gasteiger partial charge in [0, 0.05) is 11.8 Å². The van der Waals surface area contributed by atoms with E-state index in [1.54, 1.807) is 51.4 Å². The summed E-state index contributed by atoms with van der Waals surface area (Å²) in [6.07, 6.45) is 7.93. The molecule has 0 N–H and O–H groups in total. The molecule has 0 saturated heterocycles. The van der Waals surface area contributed by atoms with Gasteiger partial charge in [-0.25, -0.2) is 4.79 Å². The molecule has 0 saturated carbocycles. The quantitative estimate of drug-likeness (QED) is 0.691. The smallest absolute Gasteiger partial charge is 0.414 e. The molecular weight excluding hydrogens is 310 g/mol. The van der Waals surface area contributed by atoms with Crippen molar-refractivity contribution in [3.8, 4) is 0 Å². The molecule has 7 nitrogen and oxygen atoms in total. The molecule has 0 spiro atoms. The van der Waals surface area contributed by atoms with Crippen molar-refractivity contribution in [3.05, 3.63) is 35.6 Å². The molecular formula is C17H19N3O4. The van der Waals surface area contributed by atoms with Crippen LogP contribution in [0.4, 0.5) is 4.79 Å². The minimum Gasteiger partial charge on any atom is -0.468 e. The molecule has 3 aliphatic rings. The predicted molar refractivity (Wildman–Crippen MR) is 88.6 cm³/mol. The zero-order valence-electron chi connectivity index (χ0n) is 14.1. The highest BCUT2D eigenvalue weighted by molar-refractivity contribution is 6.25. The highest BCUT2D eigenvalue weighted by Gasteiger charge is 2.48. The average Bonchev–Trinajstić information content (AvgIpc) is 2.96. The van der Waals surface area contributed by atoms with Gasteiger partial charge in [0.05, 0.1) is 25.6 Å². The predicted octanol–water partition coefficient (Wildman–Crippen LogP) is 2.22. The third kappa shape index (κ3) is 2.66. The number of methoxy groups -OCH3 is 1. The fraction of sp³-hybridized carbons (Fsp3) is 0.412. The highest BCUT2D eigenvalue weighted by atomic mass is 16.6. The van der Waals surface area contributed by atoms with E-state index in [-0.39, 0.29) is 6.54 Å². The Kier molecular flexibility index (Phi) is 3.66. The molecule has 0 bridgehead atoms. The van der Waals surface area contributed by atoms with E-state index in [9.17, 15) is 9.59 Å². The summed E-state index contributed by atoms with van der Waals surface area (Å²) >= 11 is 0. The van der Waals surface area contributed by atoms with E-state index in [1.807, 2.05) is 0 Å². The summed E-state index contributed by atoms with van der Waals surface area (Å²) in [6.45, 7) is 5.47. The van der Waals surface area contributed by atoms with Crippen LogP contribution in [-0.4, -0.2) is 48.1 Å². The molecule has 0 radical (unpaired) electrons. The lowest BCUT2D eigenvalue weighted by Gasteiger charge is -2.39. The molecule has 24 heavy (non-hydrogen) atoms. The van der Waals surface area contributed by atoms with Gasteiger partial charge in [0.15, 0.2) is 0 Å². The van der Waals surface area contributed by atoms with Crippen LogP contribution in [0.5, 0.6) is 0 Å². The van der Waals surface area contributed by atoms with Gasteiger partial charge in [0.1, 0.15) is 11.0 Å². The molecule has 2 aliphatic heterocycles. The largest absolute Gasteiger partial charge is 0.468 e. The number of fused-ring (bicyclic) bond motifs is 2. The van der Waals surface area contributed by atoms with Crippen LogP contribution in [0.15, 0.2) is 45.8 Å². The summed E-state index contributed by atoms with van der Waals surface area (Å²) in [6, 6.07) is 0. The first kappa shape index (κ1) is 16.2. The Morgan fingerprint density at radius 3 is 2.75 bits per heavy atom. The molecule has 0 fully saturated rings. The molecule has 126 valence electrons. The van der Waals surface area contributed by atoms with Crippen LogP contribution in [-0.2, 0) is 14.3 Å². The van der Waals surface area contributed by atoms with Crippen molar-refractivity contribution >= 4 is 24.0 Å². The van der Waals surface area contributed by atoms with Crippen molar-refractivity contribution in [2.45, 2.75) is 26.4 Å². The van der Waals surface area contributed by atoms with Crippen molar-refractivity contribution in [2.75, 3.05) is 13.7 Å². The van der Waals surface area contributed by atoms with Crippen molar-refractivity contribution < 1.29 is 19.1 Å². The highest BCUT2D eigenvalue weighted by Crippen LogP contribution is 2.41. The van der Waals surface area contributed by atoms with Crippen LogP contribution in [0.25, 0.3) is 0 Å². The van der Waals surface area contributed by atoms with Crippen molar-refractivity contribution in [1.82, 2.24) is 4.90 Å². The van der Waals surface area contributed by atoms with Crippen molar-refractivity contribution in [2.24, 2.45) is 15.6 Å². The van der Waals surface area contributed by atoms with E-state index in [1.165, 1.54) is 12.0 Å². The van der Waals surface area contributed by atoms with Crippen LogP contribution in [0.2, 0.25) is 0 Å². The first-order valence-corrected chi connectivity index (χ1v) is 7.58. The molecule has 0 aromatic carbocycles. The number of esters is 1. The zero-order chi connectivity index (χ0) is 17.5. The van der Waals surface area contributed by atoms with Gasteiger partial charge in [-0.1, -0.05) is 6.08 Å². The van der Waals surface area contributed by atoms with E-state index >= 15 is 0 Å². The summed E-state index contributed by atoms with van der Waals surface area (Å²) in [7, 11) is 1.33. The fourth-order valence-electron chi connectivity index (χ4n) is 2.82. The van der Waals surface area contributed by atoms with Gasteiger partial charge in [0.2, 0.25) is 0 Å². The molecule has 1 amide bonds. The molecule has 0 aromatic heterocycles. The zero-order valence-corrected chi connectivity index (χ0v) is 14.1. The summed E-state index contributed by atoms with van der Waals surface area (Å²) in [5, 5.41) is 7.89. The van der Waals surface area contributed by atoms with Gasteiger partial charge < -0.3 is 9.47 Å². The summed E-state index contributed by atoms with van der Waals surface area (Å²) < 4.78 is 10.4. The molecule has 1 unspecified atom stereocenters. The Morgan fingerprint density at radius 2 is 2.08 bits per heavy atom. The van der Waals surface area contributed by atoms with Crippen LogP contribution in [0, 0.1) is 5.41 Å². The number of ether oxygens (including phenoxy) is 2. The van der Waals surface area contributed by atoms with Crippen LogP contribution < -0.4 is 0 Å². The van der Waals surface area contributed by atoms with Crippen molar-refractivity contribution in [1.29, 1.82) is 0 Å². The second-order valence-corrected chi connectivity index (χ2v) is 6.82. The Bertz CT molecular complexity index is 752. The van der Waals surface area contributed by atoms with Gasteiger partial charge in [-0.05, 0) is 38.5 Å².